The summed E-state index contributed by atoms with van der Waals surface area (Å²) in [5, 5.41) is 66.5. The molecule has 8 heteroatoms. The molecule has 0 bridgehead atoms. The lowest BCUT2D eigenvalue weighted by molar-refractivity contribution is -0.317. The number of carbonyl (C=O) groups excluding carboxylic acids is 1. The molecule has 0 saturated heterocycles. The van der Waals surface area contributed by atoms with Crippen molar-refractivity contribution in [3.05, 3.63) is 0 Å². The van der Waals surface area contributed by atoms with Gasteiger partial charge in [-0.05, 0) is 44.9 Å². The van der Waals surface area contributed by atoms with Crippen molar-refractivity contribution in [3.63, 3.8) is 0 Å². The molecule has 0 amide bonds. The Balaban J connectivity index is 1.78. The van der Waals surface area contributed by atoms with Gasteiger partial charge in [0.15, 0.2) is 0 Å². The third kappa shape index (κ3) is 2.58. The molecule has 30 heavy (non-hydrogen) atoms. The Bertz CT molecular complexity index is 701. The average Bonchev–Trinajstić information content (AvgIpc) is 2.92. The van der Waals surface area contributed by atoms with Crippen LogP contribution in [0.3, 0.4) is 0 Å². The predicted molar refractivity (Wildman–Crippen MR) is 105 cm³/mol. The van der Waals surface area contributed by atoms with Gasteiger partial charge < -0.3 is 35.4 Å². The molecule has 0 aromatic rings. The smallest absolute Gasteiger partial charge is 0.309 e. The van der Waals surface area contributed by atoms with Crippen molar-refractivity contribution in [1.29, 1.82) is 0 Å². The van der Waals surface area contributed by atoms with Crippen LogP contribution in [0.4, 0.5) is 0 Å². The summed E-state index contributed by atoms with van der Waals surface area (Å²) in [6.07, 6.45) is -1.64. The number of aliphatic hydroxyl groups excluding tert-OH is 4. The van der Waals surface area contributed by atoms with E-state index in [2.05, 4.69) is 0 Å². The maximum atomic E-state index is 12.6. The minimum atomic E-state index is -1.54. The fourth-order valence-electron chi connectivity index (χ4n) is 8.13. The zero-order valence-corrected chi connectivity index (χ0v) is 17.8. The lowest BCUT2D eigenvalue weighted by Crippen LogP contribution is -2.75. The molecule has 8 nitrogen and oxygen atoms in total. The standard InChI is InChI=1S/C22H36O8/c1-3-30-18(27)14-5-7-22(29)13-4-6-20(28)9-12(24)8-16(26)21(20,11-23)17(13)15(25)10-19(14,22)2/h12-17,23-26,28-29H,3-11H2,1-2H3/t12-,13+,14+,15+,16+,17+,19+,20+,21+,22+/m0/s1. The first-order valence-electron chi connectivity index (χ1n) is 11.3. The number of hydrogen-bond acceptors (Lipinski definition) is 8. The number of carbonyl (C=O) groups is 1. The molecular formula is C22H36O8. The first-order valence-corrected chi connectivity index (χ1v) is 11.3. The van der Waals surface area contributed by atoms with Gasteiger partial charge in [-0.25, -0.2) is 0 Å². The fourth-order valence-corrected chi connectivity index (χ4v) is 8.13. The normalized spacial score (nSPS) is 55.3. The predicted octanol–water partition coefficient (Wildman–Crippen LogP) is -0.287. The van der Waals surface area contributed by atoms with E-state index in [1.54, 1.807) is 6.92 Å². The fraction of sp³-hybridized carbons (Fsp3) is 0.955. The van der Waals surface area contributed by atoms with Crippen LogP contribution >= 0.6 is 0 Å². The second kappa shape index (κ2) is 7.12. The van der Waals surface area contributed by atoms with Crippen LogP contribution in [-0.4, -0.2) is 79.3 Å². The maximum Gasteiger partial charge on any atom is 0.309 e. The summed E-state index contributed by atoms with van der Waals surface area (Å²) in [5.74, 6) is -2.15. The van der Waals surface area contributed by atoms with Gasteiger partial charge >= 0.3 is 5.97 Å². The third-order valence-corrected chi connectivity index (χ3v) is 9.49. The molecule has 4 fully saturated rings. The molecule has 0 heterocycles. The first-order chi connectivity index (χ1) is 14.0. The van der Waals surface area contributed by atoms with Crippen molar-refractivity contribution in [2.75, 3.05) is 13.2 Å². The molecule has 172 valence electrons. The van der Waals surface area contributed by atoms with Crippen molar-refractivity contribution in [3.8, 4) is 0 Å². The zero-order valence-electron chi connectivity index (χ0n) is 17.8. The van der Waals surface area contributed by atoms with Crippen LogP contribution in [0.1, 0.15) is 58.8 Å². The van der Waals surface area contributed by atoms with Gasteiger partial charge in [0.05, 0.1) is 54.1 Å². The molecule has 0 spiro atoms. The molecule has 4 aliphatic carbocycles. The highest BCUT2D eigenvalue weighted by Gasteiger charge is 2.75. The highest BCUT2D eigenvalue weighted by atomic mass is 16.5. The summed E-state index contributed by atoms with van der Waals surface area (Å²) in [7, 11) is 0. The second-order valence-corrected chi connectivity index (χ2v) is 10.5. The summed E-state index contributed by atoms with van der Waals surface area (Å²) in [5.41, 5.74) is -5.16. The minimum absolute atomic E-state index is 0.0000423. The van der Waals surface area contributed by atoms with Crippen molar-refractivity contribution in [1.82, 2.24) is 0 Å². The quantitative estimate of drug-likeness (QED) is 0.336. The number of aliphatic hydroxyl groups is 6. The largest absolute Gasteiger partial charge is 0.466 e. The summed E-state index contributed by atoms with van der Waals surface area (Å²) in [4.78, 5) is 12.6. The van der Waals surface area contributed by atoms with Crippen molar-refractivity contribution < 1.29 is 40.2 Å². The van der Waals surface area contributed by atoms with E-state index >= 15 is 0 Å². The van der Waals surface area contributed by atoms with E-state index in [1.807, 2.05) is 6.92 Å². The van der Waals surface area contributed by atoms with Crippen LogP contribution < -0.4 is 0 Å². The highest BCUT2D eigenvalue weighted by Crippen LogP contribution is 2.69. The lowest BCUT2D eigenvalue weighted by atomic mass is 9.40. The van der Waals surface area contributed by atoms with Crippen LogP contribution in [0.25, 0.3) is 0 Å². The number of ether oxygens (including phenoxy) is 1. The molecule has 6 N–H and O–H groups in total. The van der Waals surface area contributed by atoms with E-state index in [0.717, 1.165) is 0 Å². The molecule has 4 aliphatic rings. The Morgan fingerprint density at radius 2 is 1.80 bits per heavy atom. The second-order valence-electron chi connectivity index (χ2n) is 10.5. The third-order valence-electron chi connectivity index (χ3n) is 9.49. The number of fused-ring (bicyclic) bond motifs is 5. The number of esters is 1. The molecule has 0 radical (unpaired) electrons. The van der Waals surface area contributed by atoms with Crippen LogP contribution in [0.15, 0.2) is 0 Å². The van der Waals surface area contributed by atoms with Gasteiger partial charge in [0.1, 0.15) is 0 Å². The SMILES string of the molecule is CCOC(=O)[C@H]1CC[C@@]2(O)[C@@H]3CC[C@@]4(O)C[C@@H](O)C[C@@H](O)[C@]4(CO)[C@H]3[C@H](O)C[C@]12C. The Morgan fingerprint density at radius 3 is 2.43 bits per heavy atom. The maximum absolute atomic E-state index is 12.6. The summed E-state index contributed by atoms with van der Waals surface area (Å²) in [6.45, 7) is 3.25. The Labute approximate surface area is 176 Å². The van der Waals surface area contributed by atoms with Crippen LogP contribution in [-0.2, 0) is 9.53 Å². The highest BCUT2D eigenvalue weighted by molar-refractivity contribution is 5.74. The van der Waals surface area contributed by atoms with E-state index in [4.69, 9.17) is 4.74 Å². The van der Waals surface area contributed by atoms with Gasteiger partial charge in [-0.2, -0.15) is 0 Å². The molecule has 0 aliphatic heterocycles. The molecule has 0 unspecified atom stereocenters. The summed E-state index contributed by atoms with van der Waals surface area (Å²) < 4.78 is 5.25. The molecule has 4 rings (SSSR count). The first kappa shape index (κ1) is 22.4. The van der Waals surface area contributed by atoms with Gasteiger partial charge in [-0.15, -0.1) is 0 Å². The van der Waals surface area contributed by atoms with Crippen molar-refractivity contribution in [2.24, 2.45) is 28.6 Å². The van der Waals surface area contributed by atoms with Gasteiger partial charge in [-0.3, -0.25) is 4.79 Å². The zero-order chi connectivity index (χ0) is 22.1. The Morgan fingerprint density at radius 1 is 1.10 bits per heavy atom. The molecule has 0 aromatic heterocycles. The molecular weight excluding hydrogens is 392 g/mol. The van der Waals surface area contributed by atoms with E-state index in [0.29, 0.717) is 19.3 Å². The van der Waals surface area contributed by atoms with E-state index in [-0.39, 0.29) is 38.3 Å². The van der Waals surface area contributed by atoms with Gasteiger partial charge in [0, 0.05) is 24.2 Å². The Hall–Kier alpha value is -0.770. The van der Waals surface area contributed by atoms with Crippen LogP contribution in [0.5, 0.6) is 0 Å². The minimum Gasteiger partial charge on any atom is -0.466 e. The van der Waals surface area contributed by atoms with Gasteiger partial charge in [0.25, 0.3) is 0 Å². The lowest BCUT2D eigenvalue weighted by Gasteiger charge is -2.68. The van der Waals surface area contributed by atoms with Gasteiger partial charge in [0.2, 0.25) is 0 Å². The molecule has 10 atom stereocenters. The van der Waals surface area contributed by atoms with Crippen molar-refractivity contribution >= 4 is 5.97 Å². The van der Waals surface area contributed by atoms with Crippen molar-refractivity contribution in [2.45, 2.75) is 88.3 Å². The van der Waals surface area contributed by atoms with E-state index < -0.39 is 64.7 Å². The molecule has 4 saturated carbocycles. The van der Waals surface area contributed by atoms with Gasteiger partial charge in [-0.1, -0.05) is 6.92 Å². The summed E-state index contributed by atoms with van der Waals surface area (Å²) in [6, 6.07) is 0. The van der Waals surface area contributed by atoms with Crippen LogP contribution in [0, 0.1) is 28.6 Å². The van der Waals surface area contributed by atoms with Crippen LogP contribution in [0.2, 0.25) is 0 Å². The van der Waals surface area contributed by atoms with E-state index in [1.165, 1.54) is 0 Å². The summed E-state index contributed by atoms with van der Waals surface area (Å²) >= 11 is 0. The Kier molecular flexibility index (Phi) is 5.32. The topological polar surface area (TPSA) is 148 Å². The molecule has 0 aromatic carbocycles. The monoisotopic (exact) mass is 428 g/mol. The van der Waals surface area contributed by atoms with E-state index in [9.17, 15) is 35.4 Å². The average molecular weight is 429 g/mol. The number of hydrogen-bond donors (Lipinski definition) is 6. The number of rotatable bonds is 3.